The molecule has 2 aromatic heterocycles. The van der Waals surface area contributed by atoms with Crippen molar-refractivity contribution in [3.05, 3.63) is 36.4 Å². The van der Waals surface area contributed by atoms with E-state index in [1.807, 2.05) is 0 Å². The van der Waals surface area contributed by atoms with Crippen LogP contribution in [-0.2, 0) is 0 Å². The van der Waals surface area contributed by atoms with E-state index >= 15 is 0 Å². The van der Waals surface area contributed by atoms with Crippen LogP contribution in [0.3, 0.4) is 0 Å². The van der Waals surface area contributed by atoms with Gasteiger partial charge in [-0.05, 0) is 11.5 Å². The van der Waals surface area contributed by atoms with Gasteiger partial charge in [0.1, 0.15) is 0 Å². The zero-order valence-corrected chi connectivity index (χ0v) is 6.27. The Bertz CT molecular complexity index is 420. The molecular formula is C9H6N2O. The number of pyridine rings is 2. The molecule has 0 aromatic carbocycles. The third-order valence-electron chi connectivity index (χ3n) is 1.72. The molecule has 3 heteroatoms. The van der Waals surface area contributed by atoms with E-state index in [1.165, 1.54) is 0 Å². The molecule has 0 aliphatic heterocycles. The summed E-state index contributed by atoms with van der Waals surface area (Å²) in [5.74, 6) is 0. The molecule has 0 N–H and O–H groups in total. The molecule has 0 aliphatic carbocycles. The zero-order valence-electron chi connectivity index (χ0n) is 6.27. The molecule has 0 saturated heterocycles. The number of hydrogen-bond acceptors (Lipinski definition) is 3. The van der Waals surface area contributed by atoms with Gasteiger partial charge in [0.2, 0.25) is 0 Å². The molecule has 0 radical (unpaired) electrons. The van der Waals surface area contributed by atoms with Gasteiger partial charge in [-0.3, -0.25) is 14.8 Å². The lowest BCUT2D eigenvalue weighted by Crippen LogP contribution is -1.85. The summed E-state index contributed by atoms with van der Waals surface area (Å²) in [6.07, 6.45) is 7.39. The van der Waals surface area contributed by atoms with Gasteiger partial charge < -0.3 is 0 Å². The van der Waals surface area contributed by atoms with Crippen LogP contribution in [0, 0.1) is 0 Å². The number of nitrogens with zero attached hydrogens (tertiary/aromatic N) is 2. The van der Waals surface area contributed by atoms with Crippen LogP contribution in [0.25, 0.3) is 10.8 Å². The Morgan fingerprint density at radius 2 is 2.00 bits per heavy atom. The largest absolute Gasteiger partial charge is 0.298 e. The lowest BCUT2D eigenvalue weighted by Gasteiger charge is -1.96. The average Bonchev–Trinajstić information content (AvgIpc) is 2.17. The second-order valence-electron chi connectivity index (χ2n) is 2.44. The second kappa shape index (κ2) is 2.70. The SMILES string of the molecule is O=Cc1cncc2cnccc12. The molecule has 0 unspecified atom stereocenters. The standard InChI is InChI=1S/C9H6N2O/c12-6-8-5-11-4-7-3-10-2-1-9(7)8/h1-6H. The molecule has 58 valence electrons. The molecule has 12 heavy (non-hydrogen) atoms. The summed E-state index contributed by atoms with van der Waals surface area (Å²) in [5, 5.41) is 1.79. The number of fused-ring (bicyclic) bond motifs is 1. The highest BCUT2D eigenvalue weighted by Crippen LogP contribution is 2.13. The Morgan fingerprint density at radius 3 is 2.83 bits per heavy atom. The molecule has 0 atom stereocenters. The molecule has 0 aliphatic rings. The summed E-state index contributed by atoms with van der Waals surface area (Å²) in [4.78, 5) is 18.4. The summed E-state index contributed by atoms with van der Waals surface area (Å²) in [6, 6.07) is 1.81. The third-order valence-corrected chi connectivity index (χ3v) is 1.72. The fourth-order valence-electron chi connectivity index (χ4n) is 1.13. The number of carbonyl (C=O) groups is 1. The smallest absolute Gasteiger partial charge is 0.152 e. The van der Waals surface area contributed by atoms with Crippen molar-refractivity contribution >= 4 is 17.1 Å². The van der Waals surface area contributed by atoms with E-state index in [0.29, 0.717) is 5.56 Å². The summed E-state index contributed by atoms with van der Waals surface area (Å²) in [6.45, 7) is 0. The van der Waals surface area contributed by atoms with Crippen molar-refractivity contribution < 1.29 is 4.79 Å². The molecule has 0 bridgehead atoms. The summed E-state index contributed by atoms with van der Waals surface area (Å²) < 4.78 is 0. The van der Waals surface area contributed by atoms with Crippen LogP contribution in [0.5, 0.6) is 0 Å². The Balaban J connectivity index is 2.88. The maximum absolute atomic E-state index is 10.6. The quantitative estimate of drug-likeness (QED) is 0.590. The lowest BCUT2D eigenvalue weighted by molar-refractivity contribution is 0.112. The minimum absolute atomic E-state index is 0.606. The molecule has 2 heterocycles. The number of aromatic nitrogens is 2. The monoisotopic (exact) mass is 158 g/mol. The van der Waals surface area contributed by atoms with Crippen molar-refractivity contribution in [3.8, 4) is 0 Å². The number of hydrogen-bond donors (Lipinski definition) is 0. The van der Waals surface area contributed by atoms with Gasteiger partial charge in [0.15, 0.2) is 6.29 Å². The molecule has 0 spiro atoms. The van der Waals surface area contributed by atoms with Crippen molar-refractivity contribution in [2.24, 2.45) is 0 Å². The maximum atomic E-state index is 10.6. The van der Waals surface area contributed by atoms with E-state index in [0.717, 1.165) is 17.1 Å². The van der Waals surface area contributed by atoms with E-state index in [-0.39, 0.29) is 0 Å². The zero-order chi connectivity index (χ0) is 8.39. The van der Waals surface area contributed by atoms with Crippen molar-refractivity contribution in [3.63, 3.8) is 0 Å². The molecule has 0 fully saturated rings. The van der Waals surface area contributed by atoms with E-state index in [1.54, 1.807) is 30.9 Å². The van der Waals surface area contributed by atoms with Gasteiger partial charge in [0.05, 0.1) is 0 Å². The molecule has 2 rings (SSSR count). The molecule has 0 saturated carbocycles. The van der Waals surface area contributed by atoms with Gasteiger partial charge in [0, 0.05) is 35.7 Å². The van der Waals surface area contributed by atoms with Crippen LogP contribution in [0.4, 0.5) is 0 Å². The first kappa shape index (κ1) is 6.91. The minimum Gasteiger partial charge on any atom is -0.298 e. The van der Waals surface area contributed by atoms with Gasteiger partial charge >= 0.3 is 0 Å². The van der Waals surface area contributed by atoms with E-state index in [2.05, 4.69) is 9.97 Å². The van der Waals surface area contributed by atoms with E-state index in [4.69, 9.17) is 0 Å². The summed E-state index contributed by atoms with van der Waals surface area (Å²) in [7, 11) is 0. The van der Waals surface area contributed by atoms with Gasteiger partial charge in [0.25, 0.3) is 0 Å². The molecular weight excluding hydrogens is 152 g/mol. The normalized spacial score (nSPS) is 10.0. The van der Waals surface area contributed by atoms with Crippen LogP contribution in [0.2, 0.25) is 0 Å². The average molecular weight is 158 g/mol. The highest BCUT2D eigenvalue weighted by molar-refractivity contribution is 5.96. The molecule has 2 aromatic rings. The van der Waals surface area contributed by atoms with Crippen molar-refractivity contribution in [1.82, 2.24) is 9.97 Å². The second-order valence-corrected chi connectivity index (χ2v) is 2.44. The van der Waals surface area contributed by atoms with Crippen LogP contribution in [0.1, 0.15) is 10.4 Å². The lowest BCUT2D eigenvalue weighted by atomic mass is 10.1. The molecule has 3 nitrogen and oxygen atoms in total. The topological polar surface area (TPSA) is 42.9 Å². The maximum Gasteiger partial charge on any atom is 0.152 e. The van der Waals surface area contributed by atoms with E-state index < -0.39 is 0 Å². The van der Waals surface area contributed by atoms with Crippen LogP contribution in [0.15, 0.2) is 30.9 Å². The first-order chi connectivity index (χ1) is 5.92. The number of rotatable bonds is 1. The van der Waals surface area contributed by atoms with Gasteiger partial charge in [-0.2, -0.15) is 0 Å². The van der Waals surface area contributed by atoms with Crippen LogP contribution in [-0.4, -0.2) is 16.3 Å². The summed E-state index contributed by atoms with van der Waals surface area (Å²) >= 11 is 0. The minimum atomic E-state index is 0.606. The van der Waals surface area contributed by atoms with Crippen molar-refractivity contribution in [2.45, 2.75) is 0 Å². The first-order valence-corrected chi connectivity index (χ1v) is 3.55. The van der Waals surface area contributed by atoms with Crippen molar-refractivity contribution in [2.75, 3.05) is 0 Å². The van der Waals surface area contributed by atoms with Gasteiger partial charge in [-0.15, -0.1) is 0 Å². The molecule has 0 amide bonds. The van der Waals surface area contributed by atoms with Crippen LogP contribution < -0.4 is 0 Å². The Morgan fingerprint density at radius 1 is 1.17 bits per heavy atom. The Labute approximate surface area is 69.1 Å². The highest BCUT2D eigenvalue weighted by Gasteiger charge is 1.97. The fourth-order valence-corrected chi connectivity index (χ4v) is 1.13. The first-order valence-electron chi connectivity index (χ1n) is 3.55. The summed E-state index contributed by atoms with van der Waals surface area (Å²) in [5.41, 5.74) is 0.606. The fraction of sp³-hybridized carbons (Fsp3) is 0. The number of aldehydes is 1. The Hall–Kier alpha value is -1.77. The van der Waals surface area contributed by atoms with Crippen LogP contribution >= 0.6 is 0 Å². The highest BCUT2D eigenvalue weighted by atomic mass is 16.1. The van der Waals surface area contributed by atoms with Crippen molar-refractivity contribution in [1.29, 1.82) is 0 Å². The van der Waals surface area contributed by atoms with Gasteiger partial charge in [-0.25, -0.2) is 0 Å². The number of carbonyl (C=O) groups excluding carboxylic acids is 1. The third kappa shape index (κ3) is 0.955. The predicted molar refractivity (Wildman–Crippen MR) is 44.9 cm³/mol. The Kier molecular flexibility index (Phi) is 1.55. The van der Waals surface area contributed by atoms with Gasteiger partial charge in [-0.1, -0.05) is 0 Å². The predicted octanol–water partition coefficient (Wildman–Crippen LogP) is 1.44. The van der Waals surface area contributed by atoms with E-state index in [9.17, 15) is 4.79 Å².